The molecule has 126 valence electrons. The molecule has 1 fully saturated rings. The highest BCUT2D eigenvalue weighted by Crippen LogP contribution is 2.43. The second-order valence-corrected chi connectivity index (χ2v) is 6.68. The molecular weight excluding hydrogens is 383 g/mol. The highest BCUT2D eigenvalue weighted by atomic mass is 79.9. The SMILES string of the molecule is O=C(N[C@@H]1CC[C@@H]1c1ccccc1C(F)(F)F)c1ccccc1Br. The molecule has 2 aromatic carbocycles. The quantitative estimate of drug-likeness (QED) is 0.762. The van der Waals surface area contributed by atoms with Crippen LogP contribution in [0.5, 0.6) is 0 Å². The summed E-state index contributed by atoms with van der Waals surface area (Å²) >= 11 is 3.31. The summed E-state index contributed by atoms with van der Waals surface area (Å²) < 4.78 is 40.2. The van der Waals surface area contributed by atoms with Gasteiger partial charge in [-0.1, -0.05) is 30.3 Å². The van der Waals surface area contributed by atoms with Gasteiger partial charge in [0, 0.05) is 16.4 Å². The van der Waals surface area contributed by atoms with Gasteiger partial charge in [-0.15, -0.1) is 0 Å². The van der Waals surface area contributed by atoms with Crippen molar-refractivity contribution in [1.82, 2.24) is 5.32 Å². The number of hydrogen-bond acceptors (Lipinski definition) is 1. The number of hydrogen-bond donors (Lipinski definition) is 1. The molecule has 1 aliphatic rings. The van der Waals surface area contributed by atoms with Crippen molar-refractivity contribution in [3.05, 3.63) is 69.7 Å². The standard InChI is InChI=1S/C18H15BrF3NO/c19-15-8-4-2-6-13(15)17(24)23-16-10-9-12(16)11-5-1-3-7-14(11)18(20,21)22/h1-8,12,16H,9-10H2,(H,23,24)/t12-,16-/m1/s1. The molecule has 1 aliphatic carbocycles. The lowest BCUT2D eigenvalue weighted by molar-refractivity contribution is -0.138. The maximum absolute atomic E-state index is 13.2. The van der Waals surface area contributed by atoms with Gasteiger partial charge in [0.2, 0.25) is 0 Å². The minimum Gasteiger partial charge on any atom is -0.349 e. The summed E-state index contributed by atoms with van der Waals surface area (Å²) in [6.07, 6.45) is -3.08. The van der Waals surface area contributed by atoms with Gasteiger partial charge in [-0.05, 0) is 52.5 Å². The summed E-state index contributed by atoms with van der Waals surface area (Å²) in [6.45, 7) is 0. The second kappa shape index (κ2) is 6.59. The zero-order chi connectivity index (χ0) is 17.3. The van der Waals surface area contributed by atoms with Crippen molar-refractivity contribution in [3.8, 4) is 0 Å². The van der Waals surface area contributed by atoms with Crippen LogP contribution in [-0.2, 0) is 6.18 Å². The fraction of sp³-hybridized carbons (Fsp3) is 0.278. The Labute approximate surface area is 146 Å². The van der Waals surface area contributed by atoms with Gasteiger partial charge in [-0.3, -0.25) is 4.79 Å². The molecule has 0 aliphatic heterocycles. The van der Waals surface area contributed by atoms with Gasteiger partial charge in [0.1, 0.15) is 0 Å². The van der Waals surface area contributed by atoms with E-state index in [0.29, 0.717) is 22.9 Å². The number of amides is 1. The van der Waals surface area contributed by atoms with Gasteiger partial charge in [-0.25, -0.2) is 0 Å². The molecule has 6 heteroatoms. The summed E-state index contributed by atoms with van der Waals surface area (Å²) in [5, 5.41) is 2.86. The van der Waals surface area contributed by atoms with E-state index in [1.54, 1.807) is 30.3 Å². The van der Waals surface area contributed by atoms with E-state index in [2.05, 4.69) is 21.2 Å². The summed E-state index contributed by atoms with van der Waals surface area (Å²) in [5.41, 5.74) is 0.121. The maximum atomic E-state index is 13.2. The van der Waals surface area contributed by atoms with Crippen molar-refractivity contribution >= 4 is 21.8 Å². The number of carbonyl (C=O) groups is 1. The third kappa shape index (κ3) is 3.34. The minimum absolute atomic E-state index is 0.258. The van der Waals surface area contributed by atoms with Gasteiger partial charge in [0.05, 0.1) is 11.1 Å². The lowest BCUT2D eigenvalue weighted by Gasteiger charge is -2.38. The first kappa shape index (κ1) is 17.0. The Balaban J connectivity index is 1.79. The first-order valence-electron chi connectivity index (χ1n) is 7.59. The van der Waals surface area contributed by atoms with E-state index in [9.17, 15) is 18.0 Å². The topological polar surface area (TPSA) is 29.1 Å². The Morgan fingerprint density at radius 3 is 2.33 bits per heavy atom. The van der Waals surface area contributed by atoms with Crippen LogP contribution in [0.3, 0.4) is 0 Å². The van der Waals surface area contributed by atoms with E-state index < -0.39 is 11.7 Å². The van der Waals surface area contributed by atoms with Crippen LogP contribution in [0.2, 0.25) is 0 Å². The molecule has 1 amide bonds. The molecule has 1 saturated carbocycles. The lowest BCUT2D eigenvalue weighted by Crippen LogP contribution is -2.46. The van der Waals surface area contributed by atoms with Crippen molar-refractivity contribution in [2.24, 2.45) is 0 Å². The monoisotopic (exact) mass is 397 g/mol. The van der Waals surface area contributed by atoms with E-state index in [1.807, 2.05) is 0 Å². The third-order valence-electron chi connectivity index (χ3n) is 4.38. The molecule has 2 atom stereocenters. The largest absolute Gasteiger partial charge is 0.416 e. The molecule has 24 heavy (non-hydrogen) atoms. The summed E-state index contributed by atoms with van der Waals surface area (Å²) in [6, 6.07) is 12.3. The van der Waals surface area contributed by atoms with E-state index in [4.69, 9.17) is 0 Å². The summed E-state index contributed by atoms with van der Waals surface area (Å²) in [5.74, 6) is -0.587. The first-order valence-corrected chi connectivity index (χ1v) is 8.38. The van der Waals surface area contributed by atoms with E-state index in [-0.39, 0.29) is 23.4 Å². The Bertz CT molecular complexity index is 760. The van der Waals surface area contributed by atoms with Crippen LogP contribution in [0, 0.1) is 0 Å². The van der Waals surface area contributed by atoms with Gasteiger partial charge in [-0.2, -0.15) is 13.2 Å². The maximum Gasteiger partial charge on any atom is 0.416 e. The highest BCUT2D eigenvalue weighted by molar-refractivity contribution is 9.10. The molecule has 0 spiro atoms. The Morgan fingerprint density at radius 2 is 1.71 bits per heavy atom. The van der Waals surface area contributed by atoms with Gasteiger partial charge in [0.25, 0.3) is 5.91 Å². The predicted octanol–water partition coefficient (Wildman–Crippen LogP) is 5.14. The molecule has 0 heterocycles. The molecule has 2 aromatic rings. The van der Waals surface area contributed by atoms with Gasteiger partial charge < -0.3 is 5.32 Å². The number of carbonyl (C=O) groups excluding carboxylic acids is 1. The molecule has 0 bridgehead atoms. The van der Waals surface area contributed by atoms with Crippen LogP contribution in [-0.4, -0.2) is 11.9 Å². The van der Waals surface area contributed by atoms with Crippen LogP contribution in [0.4, 0.5) is 13.2 Å². The summed E-state index contributed by atoms with van der Waals surface area (Å²) in [4.78, 5) is 12.4. The van der Waals surface area contributed by atoms with Crippen molar-refractivity contribution in [3.63, 3.8) is 0 Å². The second-order valence-electron chi connectivity index (χ2n) is 5.83. The fourth-order valence-electron chi connectivity index (χ4n) is 3.01. The van der Waals surface area contributed by atoms with E-state index in [0.717, 1.165) is 6.07 Å². The average molecular weight is 398 g/mol. The van der Waals surface area contributed by atoms with Crippen molar-refractivity contribution < 1.29 is 18.0 Å². The van der Waals surface area contributed by atoms with Crippen molar-refractivity contribution in [2.75, 3.05) is 0 Å². The molecule has 1 N–H and O–H groups in total. The predicted molar refractivity (Wildman–Crippen MR) is 88.8 cm³/mol. The molecule has 0 aromatic heterocycles. The molecule has 0 radical (unpaired) electrons. The number of halogens is 4. The lowest BCUT2D eigenvalue weighted by atomic mass is 9.73. The molecule has 0 saturated heterocycles. The van der Waals surface area contributed by atoms with Crippen molar-refractivity contribution in [1.29, 1.82) is 0 Å². The zero-order valence-electron chi connectivity index (χ0n) is 12.6. The highest BCUT2D eigenvalue weighted by Gasteiger charge is 2.40. The molecule has 0 unspecified atom stereocenters. The zero-order valence-corrected chi connectivity index (χ0v) is 14.2. The fourth-order valence-corrected chi connectivity index (χ4v) is 3.48. The number of alkyl halides is 3. The third-order valence-corrected chi connectivity index (χ3v) is 5.07. The van der Waals surface area contributed by atoms with Crippen LogP contribution in [0.25, 0.3) is 0 Å². The van der Waals surface area contributed by atoms with Crippen molar-refractivity contribution in [2.45, 2.75) is 31.0 Å². The smallest absolute Gasteiger partial charge is 0.349 e. The van der Waals surface area contributed by atoms with Gasteiger partial charge in [0.15, 0.2) is 0 Å². The van der Waals surface area contributed by atoms with Crippen LogP contribution in [0.15, 0.2) is 53.0 Å². The Hall–Kier alpha value is -1.82. The Kier molecular flexibility index (Phi) is 4.67. The molecular formula is C18H15BrF3NO. The minimum atomic E-state index is -4.39. The number of benzene rings is 2. The van der Waals surface area contributed by atoms with Crippen LogP contribution >= 0.6 is 15.9 Å². The molecule has 3 rings (SSSR count). The summed E-state index contributed by atoms with van der Waals surface area (Å²) in [7, 11) is 0. The Morgan fingerprint density at radius 1 is 1.04 bits per heavy atom. The van der Waals surface area contributed by atoms with E-state index in [1.165, 1.54) is 12.1 Å². The van der Waals surface area contributed by atoms with Crippen LogP contribution < -0.4 is 5.32 Å². The first-order chi connectivity index (χ1) is 11.4. The number of rotatable bonds is 3. The van der Waals surface area contributed by atoms with Crippen LogP contribution in [0.1, 0.15) is 40.2 Å². The van der Waals surface area contributed by atoms with E-state index >= 15 is 0 Å². The number of nitrogens with one attached hydrogen (secondary N) is 1. The normalized spacial score (nSPS) is 20.3. The molecule has 2 nitrogen and oxygen atoms in total. The average Bonchev–Trinajstić information content (AvgIpc) is 2.51. The van der Waals surface area contributed by atoms with Gasteiger partial charge >= 0.3 is 6.18 Å².